The van der Waals surface area contributed by atoms with Gasteiger partial charge in [-0.05, 0) is 49.9 Å². The third-order valence-electron chi connectivity index (χ3n) is 5.58. The fourth-order valence-corrected chi connectivity index (χ4v) is 3.90. The van der Waals surface area contributed by atoms with Gasteiger partial charge in [-0.15, -0.1) is 0 Å². The Kier molecular flexibility index (Phi) is 5.72. The first-order valence-electron chi connectivity index (χ1n) is 9.51. The van der Waals surface area contributed by atoms with Crippen molar-refractivity contribution in [3.63, 3.8) is 0 Å². The van der Waals surface area contributed by atoms with Crippen LogP contribution in [0.25, 0.3) is 0 Å². The number of carbonyl (C=O) groups is 2. The molecule has 2 amide bonds. The molecule has 2 aromatic rings. The summed E-state index contributed by atoms with van der Waals surface area (Å²) < 4.78 is 5.23. The fraction of sp³-hybridized carbons (Fsp3) is 0.429. The van der Waals surface area contributed by atoms with Gasteiger partial charge in [0.2, 0.25) is 11.8 Å². The summed E-state index contributed by atoms with van der Waals surface area (Å²) in [5.41, 5.74) is 7.71. The number of hydrogen-bond donors (Lipinski definition) is 2. The van der Waals surface area contributed by atoms with Crippen LogP contribution >= 0.6 is 0 Å². The first kappa shape index (κ1) is 20.6. The molecule has 154 valence electrons. The molecule has 1 aromatic carbocycles. The number of aromatic amines is 1. The lowest BCUT2D eigenvalue weighted by molar-refractivity contribution is -0.151. The number of nitrogens with one attached hydrogen (secondary N) is 1. The first-order chi connectivity index (χ1) is 13.7. The summed E-state index contributed by atoms with van der Waals surface area (Å²) >= 11 is 0. The van der Waals surface area contributed by atoms with Gasteiger partial charge >= 0.3 is 5.69 Å². The second-order valence-electron chi connectivity index (χ2n) is 7.65. The molecule has 1 aromatic heterocycles. The molecule has 8 nitrogen and oxygen atoms in total. The zero-order valence-electron chi connectivity index (χ0n) is 16.9. The lowest BCUT2D eigenvalue weighted by Gasteiger charge is -2.48. The average Bonchev–Trinajstić information content (AvgIpc) is 2.63. The van der Waals surface area contributed by atoms with Crippen LogP contribution in [0.3, 0.4) is 0 Å². The van der Waals surface area contributed by atoms with E-state index >= 15 is 0 Å². The summed E-state index contributed by atoms with van der Waals surface area (Å²) in [6.45, 7) is 4.17. The Morgan fingerprint density at radius 2 is 2.03 bits per heavy atom. The molecule has 1 fully saturated rings. The Morgan fingerprint density at radius 1 is 1.31 bits per heavy atom. The third-order valence-corrected chi connectivity index (χ3v) is 5.58. The zero-order valence-corrected chi connectivity index (χ0v) is 16.9. The summed E-state index contributed by atoms with van der Waals surface area (Å²) in [5, 5.41) is 0. The first-order valence-corrected chi connectivity index (χ1v) is 9.51. The number of carbonyl (C=O) groups excluding carboxylic acids is 2. The summed E-state index contributed by atoms with van der Waals surface area (Å²) in [4.78, 5) is 44.4. The van der Waals surface area contributed by atoms with E-state index in [0.717, 1.165) is 22.6 Å². The molecule has 8 heteroatoms. The number of aromatic nitrogens is 2. The summed E-state index contributed by atoms with van der Waals surface area (Å²) in [6, 6.07) is 7.51. The number of rotatable bonds is 7. The van der Waals surface area contributed by atoms with E-state index in [0.29, 0.717) is 31.6 Å². The molecule has 0 atom stereocenters. The number of hydrogen-bond acceptors (Lipinski definition) is 5. The van der Waals surface area contributed by atoms with Crippen molar-refractivity contribution in [1.82, 2.24) is 14.9 Å². The quantitative estimate of drug-likeness (QED) is 0.718. The predicted octanol–water partition coefficient (Wildman–Crippen LogP) is 0.885. The topological polar surface area (TPSA) is 118 Å². The second kappa shape index (κ2) is 8.06. The number of aryl methyl sites for hydroxylation is 2. The van der Waals surface area contributed by atoms with Gasteiger partial charge in [-0.1, -0.05) is 12.1 Å². The second-order valence-corrected chi connectivity index (χ2v) is 7.65. The molecule has 3 rings (SSSR count). The standard InChI is InChI=1S/C21H26N4O4/c1-13-17(14(2)24-20(28)23-13)7-8-18(26)25-11-21(12-25,19(22)27)10-15-5-4-6-16(9-15)29-3/h4-6,9H,7-8,10-12H2,1-3H3,(H2,22,27)(H,23,24,28). The van der Waals surface area contributed by atoms with Gasteiger partial charge in [0.05, 0.1) is 12.5 Å². The normalized spacial score (nSPS) is 14.9. The van der Waals surface area contributed by atoms with Crippen LogP contribution in [-0.4, -0.2) is 46.9 Å². The van der Waals surface area contributed by atoms with Gasteiger partial charge in [-0.3, -0.25) is 9.59 Å². The number of nitrogens with zero attached hydrogens (tertiary/aromatic N) is 2. The molecule has 0 bridgehead atoms. The summed E-state index contributed by atoms with van der Waals surface area (Å²) in [5.74, 6) is 0.271. The van der Waals surface area contributed by atoms with E-state index in [1.54, 1.807) is 25.9 Å². The predicted molar refractivity (Wildman–Crippen MR) is 108 cm³/mol. The fourth-order valence-electron chi connectivity index (χ4n) is 3.90. The monoisotopic (exact) mass is 398 g/mol. The largest absolute Gasteiger partial charge is 0.497 e. The molecular formula is C21H26N4O4. The average molecular weight is 398 g/mol. The third kappa shape index (κ3) is 4.31. The Morgan fingerprint density at radius 3 is 2.66 bits per heavy atom. The number of H-pyrrole nitrogens is 1. The number of amides is 2. The number of methoxy groups -OCH3 is 1. The highest BCUT2D eigenvalue weighted by Gasteiger charge is 2.49. The smallest absolute Gasteiger partial charge is 0.345 e. The molecule has 3 N–H and O–H groups in total. The maximum absolute atomic E-state index is 12.6. The minimum absolute atomic E-state index is 0.0440. The van der Waals surface area contributed by atoms with E-state index in [1.807, 2.05) is 24.3 Å². The molecule has 0 aliphatic carbocycles. The van der Waals surface area contributed by atoms with Crippen molar-refractivity contribution in [3.8, 4) is 5.75 Å². The van der Waals surface area contributed by atoms with E-state index in [1.165, 1.54) is 0 Å². The Hall–Kier alpha value is -3.16. The molecule has 1 aliphatic rings. The highest BCUT2D eigenvalue weighted by atomic mass is 16.5. The zero-order chi connectivity index (χ0) is 21.2. The molecule has 29 heavy (non-hydrogen) atoms. The van der Waals surface area contributed by atoms with Crippen LogP contribution < -0.4 is 16.2 Å². The van der Waals surface area contributed by atoms with Gasteiger partial charge < -0.3 is 20.4 Å². The van der Waals surface area contributed by atoms with Crippen molar-refractivity contribution in [3.05, 3.63) is 57.3 Å². The van der Waals surface area contributed by atoms with E-state index in [2.05, 4.69) is 9.97 Å². The van der Waals surface area contributed by atoms with Crippen molar-refractivity contribution in [2.45, 2.75) is 33.1 Å². The van der Waals surface area contributed by atoms with Crippen LogP contribution in [0.2, 0.25) is 0 Å². The van der Waals surface area contributed by atoms with Crippen molar-refractivity contribution in [1.29, 1.82) is 0 Å². The van der Waals surface area contributed by atoms with E-state index in [-0.39, 0.29) is 18.0 Å². The lowest BCUT2D eigenvalue weighted by Crippen LogP contribution is -2.64. The van der Waals surface area contributed by atoms with E-state index in [9.17, 15) is 14.4 Å². The SMILES string of the molecule is COc1cccc(CC2(C(N)=O)CN(C(=O)CCc3c(C)nc(=O)[nH]c3C)C2)c1. The molecule has 0 radical (unpaired) electrons. The minimum Gasteiger partial charge on any atom is -0.497 e. The minimum atomic E-state index is -0.757. The van der Waals surface area contributed by atoms with Gasteiger partial charge in [-0.25, -0.2) is 4.79 Å². The van der Waals surface area contributed by atoms with Crippen molar-refractivity contribution in [2.24, 2.45) is 11.1 Å². The molecule has 0 unspecified atom stereocenters. The van der Waals surface area contributed by atoms with Crippen LogP contribution in [0.4, 0.5) is 0 Å². The maximum Gasteiger partial charge on any atom is 0.345 e. The number of nitrogens with two attached hydrogens (primary N) is 1. The van der Waals surface area contributed by atoms with Gasteiger partial charge in [0.25, 0.3) is 0 Å². The molecule has 0 spiro atoms. The van der Waals surface area contributed by atoms with Crippen molar-refractivity contribution >= 4 is 11.8 Å². The molecule has 1 aliphatic heterocycles. The highest BCUT2D eigenvalue weighted by molar-refractivity contribution is 5.87. The number of likely N-dealkylation sites (tertiary alicyclic amines) is 1. The molecule has 2 heterocycles. The van der Waals surface area contributed by atoms with Crippen LogP contribution in [0.5, 0.6) is 5.75 Å². The van der Waals surface area contributed by atoms with Crippen LogP contribution in [-0.2, 0) is 22.4 Å². The lowest BCUT2D eigenvalue weighted by atomic mass is 9.74. The highest BCUT2D eigenvalue weighted by Crippen LogP contribution is 2.35. The van der Waals surface area contributed by atoms with Gasteiger partial charge in [-0.2, -0.15) is 4.98 Å². The van der Waals surface area contributed by atoms with Gasteiger partial charge in [0, 0.05) is 30.9 Å². The summed E-state index contributed by atoms with van der Waals surface area (Å²) in [6.07, 6.45) is 1.23. The maximum atomic E-state index is 12.6. The van der Waals surface area contributed by atoms with Crippen LogP contribution in [0.1, 0.15) is 28.9 Å². The number of ether oxygens (including phenoxy) is 1. The molecule has 0 saturated carbocycles. The Labute approximate surface area is 169 Å². The van der Waals surface area contributed by atoms with Crippen molar-refractivity contribution < 1.29 is 14.3 Å². The van der Waals surface area contributed by atoms with Crippen molar-refractivity contribution in [2.75, 3.05) is 20.2 Å². The number of primary amides is 1. The summed E-state index contributed by atoms with van der Waals surface area (Å²) in [7, 11) is 1.59. The van der Waals surface area contributed by atoms with Gasteiger partial charge in [0.1, 0.15) is 5.75 Å². The van der Waals surface area contributed by atoms with E-state index < -0.39 is 11.3 Å². The molecular weight excluding hydrogens is 372 g/mol. The van der Waals surface area contributed by atoms with Gasteiger partial charge in [0.15, 0.2) is 0 Å². The Bertz CT molecular complexity index is 966. The molecule has 1 saturated heterocycles. The van der Waals surface area contributed by atoms with E-state index in [4.69, 9.17) is 10.5 Å². The Balaban J connectivity index is 1.63. The number of benzene rings is 1. The van der Waals surface area contributed by atoms with Crippen LogP contribution in [0.15, 0.2) is 29.1 Å². The van der Waals surface area contributed by atoms with Crippen LogP contribution in [0, 0.1) is 19.3 Å².